The summed E-state index contributed by atoms with van der Waals surface area (Å²) in [5.74, 6) is -0.245. The van der Waals surface area contributed by atoms with Crippen LogP contribution in [0.25, 0.3) is 22.1 Å². The van der Waals surface area contributed by atoms with Gasteiger partial charge in [-0.15, -0.1) is 5.10 Å². The number of aliphatic hydroxyl groups excluding tert-OH is 1. The molecule has 0 radical (unpaired) electrons. The molecule has 4 aromatic rings. The van der Waals surface area contributed by atoms with Gasteiger partial charge in [0.1, 0.15) is 12.4 Å². The van der Waals surface area contributed by atoms with Crippen LogP contribution in [0.3, 0.4) is 0 Å². The Kier molecular flexibility index (Phi) is 5.28. The van der Waals surface area contributed by atoms with Crippen LogP contribution in [-0.2, 0) is 13.2 Å². The first-order valence-corrected chi connectivity index (χ1v) is 9.98. The van der Waals surface area contributed by atoms with Crippen LogP contribution in [0.1, 0.15) is 38.2 Å². The molecule has 0 fully saturated rings. The molecule has 31 heavy (non-hydrogen) atoms. The van der Waals surface area contributed by atoms with Gasteiger partial charge >= 0.3 is 5.69 Å². The highest BCUT2D eigenvalue weighted by Gasteiger charge is 2.18. The molecule has 0 aliphatic heterocycles. The third-order valence-corrected chi connectivity index (χ3v) is 5.15. The average molecular weight is 423 g/mol. The van der Waals surface area contributed by atoms with Crippen molar-refractivity contribution in [2.75, 3.05) is 0 Å². The summed E-state index contributed by atoms with van der Waals surface area (Å²) in [6.07, 6.45) is 0. The van der Waals surface area contributed by atoms with Gasteiger partial charge in [0.15, 0.2) is 5.82 Å². The molecular weight excluding hydrogens is 401 g/mol. The van der Waals surface area contributed by atoms with Crippen LogP contribution >= 0.6 is 0 Å². The molecule has 9 heteroatoms. The molecule has 0 amide bonds. The van der Waals surface area contributed by atoms with E-state index in [1.54, 1.807) is 31.2 Å². The summed E-state index contributed by atoms with van der Waals surface area (Å²) in [5.41, 5.74) is 0.664. The number of fused-ring (bicyclic) bond motifs is 1. The number of halogens is 1. The fraction of sp³-hybridized carbons (Fsp3) is 0.273. The van der Waals surface area contributed by atoms with E-state index >= 15 is 0 Å². The molecule has 160 valence electrons. The Balaban J connectivity index is 1.99. The minimum atomic E-state index is -0.460. The third kappa shape index (κ3) is 3.46. The zero-order chi connectivity index (χ0) is 22.3. The molecule has 8 nitrogen and oxygen atoms in total. The predicted octanol–water partition coefficient (Wildman–Crippen LogP) is 2.51. The predicted molar refractivity (Wildman–Crippen MR) is 114 cm³/mol. The maximum absolute atomic E-state index is 13.7. The minimum absolute atomic E-state index is 0.0453. The van der Waals surface area contributed by atoms with E-state index in [4.69, 9.17) is 0 Å². The summed E-state index contributed by atoms with van der Waals surface area (Å²) in [6, 6.07) is 10.6. The second-order valence-corrected chi connectivity index (χ2v) is 7.48. The average Bonchev–Trinajstić information content (AvgIpc) is 3.08. The number of hydrogen-bond donors (Lipinski definition) is 1. The SMILES string of the molecule is CCn1c(CO)nn(-c2ccc3c(=O)n(-c4cccc(F)c4)nc(C(C)C)c3c2)c1=O. The summed E-state index contributed by atoms with van der Waals surface area (Å²) in [5, 5.41) is 19.2. The molecule has 0 spiro atoms. The van der Waals surface area contributed by atoms with Gasteiger partial charge in [-0.25, -0.2) is 9.18 Å². The number of hydrogen-bond acceptors (Lipinski definition) is 5. The van der Waals surface area contributed by atoms with Crippen LogP contribution < -0.4 is 11.2 Å². The molecule has 1 N–H and O–H groups in total. The van der Waals surface area contributed by atoms with E-state index < -0.39 is 5.82 Å². The molecule has 0 saturated heterocycles. The Morgan fingerprint density at radius 3 is 2.35 bits per heavy atom. The van der Waals surface area contributed by atoms with E-state index in [1.807, 2.05) is 13.8 Å². The monoisotopic (exact) mass is 423 g/mol. The smallest absolute Gasteiger partial charge is 0.350 e. The highest BCUT2D eigenvalue weighted by molar-refractivity contribution is 5.86. The number of aliphatic hydroxyl groups is 1. The van der Waals surface area contributed by atoms with Crippen molar-refractivity contribution in [3.05, 3.63) is 80.6 Å². The topological polar surface area (TPSA) is 94.9 Å². The van der Waals surface area contributed by atoms with Crippen LogP contribution in [0.5, 0.6) is 0 Å². The van der Waals surface area contributed by atoms with Crippen LogP contribution in [0.4, 0.5) is 4.39 Å². The Bertz CT molecular complexity index is 1400. The van der Waals surface area contributed by atoms with Crippen LogP contribution in [-0.4, -0.2) is 29.2 Å². The first-order chi connectivity index (χ1) is 14.8. The normalized spacial score (nSPS) is 11.5. The standard InChI is InChI=1S/C22H22FN5O3/c1-4-26-19(12-29)24-28(22(26)31)16-8-9-17-18(11-16)20(13(2)3)25-27(21(17)30)15-7-5-6-14(23)10-15/h5-11,13,29H,4,12H2,1-3H3. The Labute approximate surface area is 176 Å². The molecule has 0 bridgehead atoms. The van der Waals surface area contributed by atoms with Crippen molar-refractivity contribution in [2.24, 2.45) is 0 Å². The van der Waals surface area contributed by atoms with E-state index in [9.17, 15) is 19.1 Å². The van der Waals surface area contributed by atoms with Crippen LogP contribution in [0.15, 0.2) is 52.1 Å². The molecular formula is C22H22FN5O3. The first kappa shape index (κ1) is 20.7. The summed E-state index contributed by atoms with van der Waals surface area (Å²) in [7, 11) is 0. The largest absolute Gasteiger partial charge is 0.388 e. The van der Waals surface area contributed by atoms with Crippen molar-refractivity contribution in [3.8, 4) is 11.4 Å². The lowest BCUT2D eigenvalue weighted by atomic mass is 10.0. The van der Waals surface area contributed by atoms with Gasteiger partial charge in [-0.05, 0) is 49.2 Å². The van der Waals surface area contributed by atoms with E-state index in [0.717, 1.165) is 0 Å². The fourth-order valence-electron chi connectivity index (χ4n) is 3.63. The molecule has 2 heterocycles. The van der Waals surface area contributed by atoms with Gasteiger partial charge in [0.25, 0.3) is 5.56 Å². The van der Waals surface area contributed by atoms with Gasteiger partial charge in [-0.2, -0.15) is 14.5 Å². The number of nitrogens with zero attached hydrogens (tertiary/aromatic N) is 5. The summed E-state index contributed by atoms with van der Waals surface area (Å²) in [4.78, 5) is 25.8. The van der Waals surface area contributed by atoms with Gasteiger partial charge < -0.3 is 5.11 Å². The van der Waals surface area contributed by atoms with E-state index in [-0.39, 0.29) is 29.6 Å². The molecule has 0 aliphatic rings. The molecule has 0 aliphatic carbocycles. The zero-order valence-electron chi connectivity index (χ0n) is 17.4. The number of aromatic nitrogens is 5. The molecule has 0 saturated carbocycles. The fourth-order valence-corrected chi connectivity index (χ4v) is 3.63. The molecule has 0 atom stereocenters. The zero-order valence-corrected chi connectivity index (χ0v) is 17.4. The second-order valence-electron chi connectivity index (χ2n) is 7.48. The Morgan fingerprint density at radius 2 is 1.74 bits per heavy atom. The third-order valence-electron chi connectivity index (χ3n) is 5.15. The summed E-state index contributed by atoms with van der Waals surface area (Å²) in [6.45, 7) is 5.69. The molecule has 4 rings (SSSR count). The molecule has 2 aromatic carbocycles. The summed E-state index contributed by atoms with van der Waals surface area (Å²) < 4.78 is 17.5. The van der Waals surface area contributed by atoms with Gasteiger partial charge in [0, 0.05) is 11.9 Å². The summed E-state index contributed by atoms with van der Waals surface area (Å²) >= 11 is 0. The van der Waals surface area contributed by atoms with E-state index in [0.29, 0.717) is 34.4 Å². The van der Waals surface area contributed by atoms with Crippen molar-refractivity contribution < 1.29 is 9.50 Å². The van der Waals surface area contributed by atoms with E-state index in [2.05, 4.69) is 10.2 Å². The highest BCUT2D eigenvalue weighted by Crippen LogP contribution is 2.24. The number of benzene rings is 2. The van der Waals surface area contributed by atoms with Crippen LogP contribution in [0, 0.1) is 5.82 Å². The van der Waals surface area contributed by atoms with Gasteiger partial charge in [-0.1, -0.05) is 19.9 Å². The lowest BCUT2D eigenvalue weighted by Crippen LogP contribution is -2.25. The van der Waals surface area contributed by atoms with Gasteiger partial charge in [0.05, 0.1) is 22.5 Å². The van der Waals surface area contributed by atoms with Crippen molar-refractivity contribution in [3.63, 3.8) is 0 Å². The second kappa shape index (κ2) is 7.92. The lowest BCUT2D eigenvalue weighted by molar-refractivity contribution is 0.264. The van der Waals surface area contributed by atoms with E-state index in [1.165, 1.54) is 32.1 Å². The molecule has 2 aromatic heterocycles. The van der Waals surface area contributed by atoms with Crippen LogP contribution in [0.2, 0.25) is 0 Å². The maximum Gasteiger partial charge on any atom is 0.350 e. The Hall–Kier alpha value is -3.59. The number of rotatable bonds is 5. The quantitative estimate of drug-likeness (QED) is 0.532. The van der Waals surface area contributed by atoms with Crippen molar-refractivity contribution in [1.29, 1.82) is 0 Å². The van der Waals surface area contributed by atoms with Crippen molar-refractivity contribution in [2.45, 2.75) is 39.8 Å². The highest BCUT2D eigenvalue weighted by atomic mass is 19.1. The van der Waals surface area contributed by atoms with Gasteiger partial charge in [0.2, 0.25) is 0 Å². The van der Waals surface area contributed by atoms with Crippen molar-refractivity contribution >= 4 is 10.8 Å². The van der Waals surface area contributed by atoms with Gasteiger partial charge in [-0.3, -0.25) is 9.36 Å². The molecule has 0 unspecified atom stereocenters. The Morgan fingerprint density at radius 1 is 1.00 bits per heavy atom. The first-order valence-electron chi connectivity index (χ1n) is 9.98. The minimum Gasteiger partial charge on any atom is -0.388 e. The maximum atomic E-state index is 13.7. The van der Waals surface area contributed by atoms with Crippen molar-refractivity contribution in [1.82, 2.24) is 24.1 Å². The lowest BCUT2D eigenvalue weighted by Gasteiger charge is -2.14.